The molecule has 0 saturated carbocycles. The van der Waals surface area contributed by atoms with Crippen LogP contribution in [0.1, 0.15) is 31.0 Å². The summed E-state index contributed by atoms with van der Waals surface area (Å²) in [6.07, 6.45) is 0.0174. The molecule has 2 saturated heterocycles. The van der Waals surface area contributed by atoms with Crippen molar-refractivity contribution in [1.29, 1.82) is 0 Å². The van der Waals surface area contributed by atoms with Gasteiger partial charge in [-0.15, -0.1) is 0 Å². The van der Waals surface area contributed by atoms with E-state index in [1.54, 1.807) is 29.2 Å². The van der Waals surface area contributed by atoms with E-state index in [-0.39, 0.29) is 11.7 Å². The molecule has 2 N–H and O–H groups in total. The van der Waals surface area contributed by atoms with Gasteiger partial charge in [0, 0.05) is 18.7 Å². The van der Waals surface area contributed by atoms with Crippen molar-refractivity contribution in [2.75, 3.05) is 39.3 Å². The lowest BCUT2D eigenvalue weighted by molar-refractivity contribution is -0.901. The number of piperazine rings is 1. The van der Waals surface area contributed by atoms with Crippen molar-refractivity contribution in [2.24, 2.45) is 0 Å². The summed E-state index contributed by atoms with van der Waals surface area (Å²) < 4.78 is 5.66. The van der Waals surface area contributed by atoms with Crippen molar-refractivity contribution in [3.05, 3.63) is 71.3 Å². The maximum Gasteiger partial charge on any atom is 0.295 e. The van der Waals surface area contributed by atoms with Crippen LogP contribution in [-0.2, 0) is 9.59 Å². The maximum absolute atomic E-state index is 13.5. The number of carbonyl (C=O) groups excluding carboxylic acids is 2. The Bertz CT molecular complexity index is 1010. The monoisotopic (exact) mass is 449 g/mol. The van der Waals surface area contributed by atoms with E-state index in [4.69, 9.17) is 4.74 Å². The van der Waals surface area contributed by atoms with Crippen LogP contribution in [0, 0.1) is 0 Å². The van der Waals surface area contributed by atoms with E-state index >= 15 is 0 Å². The predicted octanol–water partition coefficient (Wildman–Crippen LogP) is 0.186. The molecule has 2 aromatic rings. The first-order valence-corrected chi connectivity index (χ1v) is 11.6. The van der Waals surface area contributed by atoms with Gasteiger partial charge in [-0.3, -0.25) is 9.59 Å². The van der Waals surface area contributed by atoms with Gasteiger partial charge in [0.1, 0.15) is 5.75 Å². The highest BCUT2D eigenvalue weighted by molar-refractivity contribution is 6.46. The van der Waals surface area contributed by atoms with E-state index in [0.717, 1.165) is 38.3 Å². The Kier molecular flexibility index (Phi) is 7.11. The van der Waals surface area contributed by atoms with E-state index in [1.165, 1.54) is 4.90 Å². The van der Waals surface area contributed by atoms with Crippen LogP contribution in [0.3, 0.4) is 0 Å². The Balaban J connectivity index is 1.67. The number of Topliss-reactive ketones (excluding diaryl/α,β-unsaturated/α-hetero) is 1. The summed E-state index contributed by atoms with van der Waals surface area (Å²) in [5, 5.41) is 16.8. The van der Waals surface area contributed by atoms with Crippen LogP contribution >= 0.6 is 0 Å². The Hall–Kier alpha value is -3.16. The zero-order chi connectivity index (χ0) is 23.4. The van der Waals surface area contributed by atoms with Crippen LogP contribution in [0.2, 0.25) is 0 Å². The van der Waals surface area contributed by atoms with Gasteiger partial charge in [0.15, 0.2) is 0 Å². The summed E-state index contributed by atoms with van der Waals surface area (Å²) in [5.74, 6) is -1.05. The quantitative estimate of drug-likeness (QED) is 0.358. The summed E-state index contributed by atoms with van der Waals surface area (Å²) in [7, 11) is 0. The van der Waals surface area contributed by atoms with Crippen LogP contribution in [0.15, 0.2) is 60.2 Å². The average molecular weight is 450 g/mol. The number of carbonyl (C=O) groups is 2. The average Bonchev–Trinajstić information content (AvgIpc) is 3.08. The first-order chi connectivity index (χ1) is 16.0. The van der Waals surface area contributed by atoms with Gasteiger partial charge >= 0.3 is 0 Å². The summed E-state index contributed by atoms with van der Waals surface area (Å²) in [4.78, 5) is 29.1. The molecule has 174 valence electrons. The molecule has 7 nitrogen and oxygen atoms in total. The van der Waals surface area contributed by atoms with Gasteiger partial charge in [-0.1, -0.05) is 48.2 Å². The Morgan fingerprint density at radius 2 is 1.76 bits per heavy atom. The van der Waals surface area contributed by atoms with E-state index in [9.17, 15) is 14.7 Å². The summed E-state index contributed by atoms with van der Waals surface area (Å²) >= 11 is 0. The van der Waals surface area contributed by atoms with Crippen molar-refractivity contribution in [2.45, 2.75) is 26.0 Å². The molecule has 0 bridgehead atoms. The molecule has 2 aliphatic rings. The highest BCUT2D eigenvalue weighted by atomic mass is 16.5. The molecule has 0 aromatic heterocycles. The first kappa shape index (κ1) is 23.0. The standard InChI is InChI=1S/C26H31N3O4/c1-18(2)33-21-10-8-20(9-11-21)24(30)22-23(19-6-4-3-5-7-19)29(26(32)25(22)31)17-16-28-14-12-27-13-15-28/h3-11,18,23,27,30H,12-17H2,1-2H3/b24-22+. The molecule has 2 heterocycles. The number of hydrogen-bond acceptors (Lipinski definition) is 5. The van der Waals surface area contributed by atoms with E-state index in [2.05, 4.69) is 5.32 Å². The largest absolute Gasteiger partial charge is 0.872 e. The number of quaternary nitrogens is 1. The number of rotatable bonds is 7. The highest BCUT2D eigenvalue weighted by Gasteiger charge is 2.44. The van der Waals surface area contributed by atoms with Crippen molar-refractivity contribution < 1.29 is 24.3 Å². The van der Waals surface area contributed by atoms with E-state index in [1.807, 2.05) is 44.2 Å². The molecule has 0 aliphatic carbocycles. The number of ether oxygens (including phenoxy) is 1. The lowest BCUT2D eigenvalue weighted by Crippen LogP contribution is -3.15. The number of amides is 1. The lowest BCUT2D eigenvalue weighted by atomic mass is 9.95. The van der Waals surface area contributed by atoms with Crippen molar-refractivity contribution in [1.82, 2.24) is 10.2 Å². The second-order valence-electron chi connectivity index (χ2n) is 8.82. The Morgan fingerprint density at radius 3 is 2.39 bits per heavy atom. The molecule has 7 heteroatoms. The van der Waals surface area contributed by atoms with E-state index < -0.39 is 23.5 Å². The minimum absolute atomic E-state index is 0.0174. The molecule has 0 radical (unpaired) electrons. The number of hydrogen-bond donors (Lipinski definition) is 2. The predicted molar refractivity (Wildman–Crippen MR) is 123 cm³/mol. The number of benzene rings is 2. The molecule has 33 heavy (non-hydrogen) atoms. The normalized spacial score (nSPS) is 21.1. The van der Waals surface area contributed by atoms with Gasteiger partial charge in [0.25, 0.3) is 5.91 Å². The summed E-state index contributed by atoms with van der Waals surface area (Å²) in [5.41, 5.74) is 1.17. The zero-order valence-electron chi connectivity index (χ0n) is 19.2. The summed E-state index contributed by atoms with van der Waals surface area (Å²) in [6.45, 7) is 8.87. The topological polar surface area (TPSA) is 86.1 Å². The SMILES string of the molecule is CC(C)Oc1ccc(/C([O-])=C2\C(=O)C(=O)N(CC[NH+]3CCNCC3)C2c2ccccc2)cc1. The van der Waals surface area contributed by atoms with Crippen LogP contribution in [0.5, 0.6) is 5.75 Å². The third-order valence-corrected chi connectivity index (χ3v) is 6.15. The lowest BCUT2D eigenvalue weighted by Gasteiger charge is -2.30. The third-order valence-electron chi connectivity index (χ3n) is 6.15. The second-order valence-corrected chi connectivity index (χ2v) is 8.82. The molecule has 1 unspecified atom stereocenters. The van der Waals surface area contributed by atoms with Crippen LogP contribution in [0.25, 0.3) is 5.76 Å². The third kappa shape index (κ3) is 5.10. The van der Waals surface area contributed by atoms with Crippen molar-refractivity contribution in [3.8, 4) is 5.75 Å². The van der Waals surface area contributed by atoms with Crippen molar-refractivity contribution >= 4 is 17.4 Å². The minimum atomic E-state index is -0.702. The van der Waals surface area contributed by atoms with E-state index in [0.29, 0.717) is 17.9 Å². The number of likely N-dealkylation sites (tertiary alicyclic amines) is 1. The van der Waals surface area contributed by atoms with Gasteiger partial charge < -0.3 is 25.0 Å². The molecule has 2 fully saturated rings. The first-order valence-electron chi connectivity index (χ1n) is 11.6. The fraction of sp³-hybridized carbons (Fsp3) is 0.385. The van der Waals surface area contributed by atoms with Gasteiger partial charge in [-0.05, 0) is 37.1 Å². The molecule has 1 atom stereocenters. The molecular formula is C26H31N3O4. The van der Waals surface area contributed by atoms with Gasteiger partial charge in [-0.25, -0.2) is 0 Å². The fourth-order valence-corrected chi connectivity index (χ4v) is 4.50. The number of ketones is 1. The zero-order valence-corrected chi connectivity index (χ0v) is 19.2. The highest BCUT2D eigenvalue weighted by Crippen LogP contribution is 2.38. The molecule has 1 amide bonds. The van der Waals surface area contributed by atoms with Crippen molar-refractivity contribution in [3.63, 3.8) is 0 Å². The van der Waals surface area contributed by atoms with Crippen LogP contribution in [0.4, 0.5) is 0 Å². The smallest absolute Gasteiger partial charge is 0.295 e. The molecule has 2 aliphatic heterocycles. The Morgan fingerprint density at radius 1 is 1.09 bits per heavy atom. The number of nitrogens with one attached hydrogen (secondary N) is 2. The molecular weight excluding hydrogens is 418 g/mol. The summed E-state index contributed by atoms with van der Waals surface area (Å²) in [6, 6.07) is 15.4. The van der Waals surface area contributed by atoms with Gasteiger partial charge in [0.2, 0.25) is 5.78 Å². The van der Waals surface area contributed by atoms with Crippen LogP contribution < -0.4 is 20.1 Å². The fourth-order valence-electron chi connectivity index (χ4n) is 4.50. The minimum Gasteiger partial charge on any atom is -0.872 e. The number of nitrogens with zero attached hydrogens (tertiary/aromatic N) is 1. The second kappa shape index (κ2) is 10.2. The molecule has 0 spiro atoms. The Labute approximate surface area is 194 Å². The van der Waals surface area contributed by atoms with Gasteiger partial charge in [-0.2, -0.15) is 0 Å². The van der Waals surface area contributed by atoms with Crippen LogP contribution in [-0.4, -0.2) is 62.0 Å². The molecule has 2 aromatic carbocycles. The van der Waals surface area contributed by atoms with Gasteiger partial charge in [0.05, 0.1) is 38.3 Å². The molecule has 4 rings (SSSR count). The maximum atomic E-state index is 13.5.